The fourth-order valence-corrected chi connectivity index (χ4v) is 4.27. The molecule has 1 aliphatic heterocycles. The summed E-state index contributed by atoms with van der Waals surface area (Å²) in [6.45, 7) is 14.3. The molecule has 37 heavy (non-hydrogen) atoms. The lowest BCUT2D eigenvalue weighted by atomic mass is 9.80. The summed E-state index contributed by atoms with van der Waals surface area (Å²) in [6, 6.07) is -0.164. The van der Waals surface area contributed by atoms with E-state index in [1.165, 1.54) is 0 Å². The van der Waals surface area contributed by atoms with Crippen LogP contribution >= 0.6 is 11.8 Å². The second-order valence-corrected chi connectivity index (χ2v) is 11.6. The van der Waals surface area contributed by atoms with Gasteiger partial charge in [-0.3, -0.25) is 4.79 Å². The van der Waals surface area contributed by atoms with Crippen LogP contribution in [-0.2, 0) is 32.1 Å². The maximum Gasteiger partial charge on any atom is 0.314 e. The molecular weight excluding hydrogens is 496 g/mol. The van der Waals surface area contributed by atoms with E-state index in [1.54, 1.807) is 16.4 Å². The first-order valence-corrected chi connectivity index (χ1v) is 14.4. The molecule has 2 heterocycles. The molecule has 0 saturated carbocycles. The zero-order chi connectivity index (χ0) is 27.1. The molecule has 1 saturated heterocycles. The van der Waals surface area contributed by atoms with Crippen molar-refractivity contribution >= 4 is 23.7 Å². The number of thioether (sulfide) groups is 1. The summed E-state index contributed by atoms with van der Waals surface area (Å²) in [5, 5.41) is 14.5. The Morgan fingerprint density at radius 1 is 1.11 bits per heavy atom. The molecule has 2 rings (SSSR count). The van der Waals surface area contributed by atoms with Gasteiger partial charge in [0.1, 0.15) is 5.69 Å². The highest BCUT2D eigenvalue weighted by atomic mass is 32.2. The van der Waals surface area contributed by atoms with Crippen molar-refractivity contribution in [2.45, 2.75) is 58.9 Å². The molecule has 1 aromatic heterocycles. The van der Waals surface area contributed by atoms with E-state index in [0.717, 1.165) is 25.1 Å². The van der Waals surface area contributed by atoms with Crippen LogP contribution in [0.4, 0.5) is 4.79 Å². The van der Waals surface area contributed by atoms with Crippen molar-refractivity contribution in [3.8, 4) is 0 Å². The van der Waals surface area contributed by atoms with Crippen LogP contribution in [0.15, 0.2) is 6.20 Å². The Hall–Kier alpha value is -1.89. The summed E-state index contributed by atoms with van der Waals surface area (Å²) in [6.07, 6.45) is 5.79. The molecule has 0 spiro atoms. The van der Waals surface area contributed by atoms with Gasteiger partial charge in [-0.2, -0.15) is 11.8 Å². The number of carbonyl (C=O) groups excluding carboxylic acids is 2. The number of urea groups is 1. The fraction of sp³-hybridized carbons (Fsp3) is 0.840. The molecule has 2 N–H and O–H groups in total. The summed E-state index contributed by atoms with van der Waals surface area (Å²) >= 11 is 1.79. The molecular formula is C25H46N6O5S. The fourth-order valence-electron chi connectivity index (χ4n) is 3.92. The summed E-state index contributed by atoms with van der Waals surface area (Å²) in [7, 11) is 0. The van der Waals surface area contributed by atoms with Crippen LogP contribution in [0.5, 0.6) is 0 Å². The van der Waals surface area contributed by atoms with Crippen LogP contribution < -0.4 is 10.6 Å². The lowest BCUT2D eigenvalue weighted by Gasteiger charge is -2.25. The number of aromatic nitrogens is 3. The standard InChI is InChI=1S/C25H46N6O5S/c1-20(37-5)6-8-26-24(33)27-9-12-34-14-16-36-17-15-35-13-11-31-19-21(28-29-31)18-30-10-7-22(23(30)32)25(2,3)4/h19-20,22H,6-18H2,1-5H3,(H2,26,27,33). The molecule has 2 unspecified atom stereocenters. The maximum absolute atomic E-state index is 12.6. The Bertz CT molecular complexity index is 803. The molecule has 3 amide bonds. The van der Waals surface area contributed by atoms with Crippen molar-refractivity contribution in [2.75, 3.05) is 65.5 Å². The average molecular weight is 543 g/mol. The van der Waals surface area contributed by atoms with Crippen LogP contribution in [0.3, 0.4) is 0 Å². The molecule has 0 aliphatic carbocycles. The molecule has 0 radical (unpaired) electrons. The minimum Gasteiger partial charge on any atom is -0.377 e. The average Bonchev–Trinajstić information content (AvgIpc) is 3.45. The summed E-state index contributed by atoms with van der Waals surface area (Å²) in [5.74, 6) is 0.283. The molecule has 11 nitrogen and oxygen atoms in total. The molecule has 212 valence electrons. The summed E-state index contributed by atoms with van der Waals surface area (Å²) < 4.78 is 18.3. The van der Waals surface area contributed by atoms with Gasteiger partial charge >= 0.3 is 6.03 Å². The number of likely N-dealkylation sites (tertiary alicyclic amines) is 1. The third-order valence-electron chi connectivity index (χ3n) is 6.26. The number of ether oxygens (including phenoxy) is 3. The van der Waals surface area contributed by atoms with Crippen molar-refractivity contribution in [1.29, 1.82) is 0 Å². The van der Waals surface area contributed by atoms with Crippen molar-refractivity contribution in [2.24, 2.45) is 11.3 Å². The van der Waals surface area contributed by atoms with Gasteiger partial charge < -0.3 is 29.7 Å². The van der Waals surface area contributed by atoms with E-state index in [4.69, 9.17) is 14.2 Å². The molecule has 12 heteroatoms. The zero-order valence-electron chi connectivity index (χ0n) is 23.2. The molecule has 1 aliphatic rings. The van der Waals surface area contributed by atoms with E-state index in [9.17, 15) is 9.59 Å². The highest BCUT2D eigenvalue weighted by Crippen LogP contribution is 2.35. The van der Waals surface area contributed by atoms with Crippen molar-refractivity contribution in [3.05, 3.63) is 11.9 Å². The van der Waals surface area contributed by atoms with Crippen molar-refractivity contribution in [1.82, 2.24) is 30.5 Å². The topological polar surface area (TPSA) is 120 Å². The monoisotopic (exact) mass is 542 g/mol. The van der Waals surface area contributed by atoms with E-state index < -0.39 is 0 Å². The smallest absolute Gasteiger partial charge is 0.314 e. The van der Waals surface area contributed by atoms with Gasteiger partial charge in [-0.1, -0.05) is 32.9 Å². The van der Waals surface area contributed by atoms with E-state index in [2.05, 4.69) is 54.9 Å². The molecule has 1 fully saturated rings. The van der Waals surface area contributed by atoms with Gasteiger partial charge in [0.25, 0.3) is 0 Å². The first-order valence-electron chi connectivity index (χ1n) is 13.2. The number of nitrogens with zero attached hydrogens (tertiary/aromatic N) is 4. The van der Waals surface area contributed by atoms with Crippen LogP contribution in [0.2, 0.25) is 0 Å². The highest BCUT2D eigenvalue weighted by molar-refractivity contribution is 7.99. The zero-order valence-corrected chi connectivity index (χ0v) is 24.0. The number of rotatable bonds is 18. The minimum absolute atomic E-state index is 0.0137. The third-order valence-corrected chi connectivity index (χ3v) is 7.30. The molecule has 1 aromatic rings. The van der Waals surface area contributed by atoms with E-state index in [1.807, 2.05) is 11.1 Å². The molecule has 0 bridgehead atoms. The predicted octanol–water partition coefficient (Wildman–Crippen LogP) is 2.16. The Morgan fingerprint density at radius 3 is 2.41 bits per heavy atom. The van der Waals surface area contributed by atoms with Crippen molar-refractivity contribution < 1.29 is 23.8 Å². The van der Waals surface area contributed by atoms with Gasteiger partial charge in [-0.25, -0.2) is 9.48 Å². The van der Waals surface area contributed by atoms with Crippen molar-refractivity contribution in [3.63, 3.8) is 0 Å². The summed E-state index contributed by atoms with van der Waals surface area (Å²) in [5.41, 5.74) is 0.781. The second kappa shape index (κ2) is 16.8. The van der Waals surface area contributed by atoms with Crippen LogP contribution in [0.1, 0.15) is 46.2 Å². The van der Waals surface area contributed by atoms with Gasteiger partial charge in [0.05, 0.1) is 58.9 Å². The number of amides is 3. The van der Waals surface area contributed by atoms with Gasteiger partial charge in [0.15, 0.2) is 0 Å². The van der Waals surface area contributed by atoms with E-state index in [0.29, 0.717) is 71.1 Å². The lowest BCUT2D eigenvalue weighted by Crippen LogP contribution is -2.38. The SMILES string of the molecule is CSC(C)CCNC(=O)NCCOCCOCCOCCn1cc(CN2CCC(C(C)(C)C)C2=O)nn1. The Balaban J connectivity index is 1.41. The first-order chi connectivity index (χ1) is 17.7. The molecule has 2 atom stereocenters. The van der Waals surface area contributed by atoms with Gasteiger partial charge in [0, 0.05) is 30.8 Å². The van der Waals surface area contributed by atoms with Gasteiger partial charge in [-0.05, 0) is 24.5 Å². The van der Waals surface area contributed by atoms with E-state index >= 15 is 0 Å². The van der Waals surface area contributed by atoms with E-state index in [-0.39, 0.29) is 23.3 Å². The summed E-state index contributed by atoms with van der Waals surface area (Å²) in [4.78, 5) is 26.2. The largest absolute Gasteiger partial charge is 0.377 e. The third kappa shape index (κ3) is 12.5. The Kier molecular flexibility index (Phi) is 14.3. The normalized spacial score (nSPS) is 16.8. The van der Waals surface area contributed by atoms with Crippen LogP contribution in [0, 0.1) is 11.3 Å². The number of nitrogens with one attached hydrogen (secondary N) is 2. The Labute approximate surface area is 225 Å². The van der Waals surface area contributed by atoms with Gasteiger partial charge in [0.2, 0.25) is 5.91 Å². The number of hydrogen-bond acceptors (Lipinski definition) is 8. The van der Waals surface area contributed by atoms with Gasteiger partial charge in [-0.15, -0.1) is 5.10 Å². The van der Waals surface area contributed by atoms with Crippen LogP contribution in [0.25, 0.3) is 0 Å². The quantitative estimate of drug-likeness (QED) is 0.271. The van der Waals surface area contributed by atoms with Crippen LogP contribution in [-0.4, -0.2) is 103 Å². The Morgan fingerprint density at radius 2 is 1.76 bits per heavy atom. The first kappa shape index (κ1) is 31.3. The highest BCUT2D eigenvalue weighted by Gasteiger charge is 2.39. The molecule has 0 aromatic carbocycles. The minimum atomic E-state index is -0.164. The number of hydrogen-bond donors (Lipinski definition) is 2. The predicted molar refractivity (Wildman–Crippen MR) is 144 cm³/mol. The maximum atomic E-state index is 12.6. The lowest BCUT2D eigenvalue weighted by molar-refractivity contribution is -0.134. The number of carbonyl (C=O) groups is 2. The second-order valence-electron chi connectivity index (χ2n) is 10.3.